The number of hydrogen-bond acceptors (Lipinski definition) is 4. The highest BCUT2D eigenvalue weighted by Gasteiger charge is 2.10. The number of thiophene rings is 1. The summed E-state index contributed by atoms with van der Waals surface area (Å²) in [7, 11) is 0. The van der Waals surface area contributed by atoms with Gasteiger partial charge in [0, 0.05) is 30.4 Å². The lowest BCUT2D eigenvalue weighted by Crippen LogP contribution is -2.35. The molecule has 0 saturated carbocycles. The van der Waals surface area contributed by atoms with Gasteiger partial charge in [0.2, 0.25) is 0 Å². The van der Waals surface area contributed by atoms with Crippen molar-refractivity contribution >= 4 is 27.3 Å². The first kappa shape index (κ1) is 15.0. The van der Waals surface area contributed by atoms with Crippen molar-refractivity contribution in [2.24, 2.45) is 0 Å². The quantitative estimate of drug-likeness (QED) is 0.799. The molecule has 1 aromatic carbocycles. The molecule has 0 aliphatic carbocycles. The summed E-state index contributed by atoms with van der Waals surface area (Å²) in [6.45, 7) is 5.35. The van der Waals surface area contributed by atoms with Crippen LogP contribution in [0.4, 0.5) is 0 Å². The molecule has 2 heterocycles. The first-order valence-corrected chi connectivity index (χ1v) is 8.77. The van der Waals surface area contributed by atoms with Gasteiger partial charge in [-0.05, 0) is 27.1 Å². The Morgan fingerprint density at radius 3 is 2.48 bits per heavy atom. The molecule has 0 atom stereocenters. The lowest BCUT2D eigenvalue weighted by atomic mass is 10.1. The zero-order chi connectivity index (χ0) is 14.5. The summed E-state index contributed by atoms with van der Waals surface area (Å²) in [5.41, 5.74) is 2.54. The molecule has 0 bridgehead atoms. The predicted octanol–water partition coefficient (Wildman–Crippen LogP) is 3.92. The molecule has 2 aromatic rings. The maximum Gasteiger partial charge on any atom is 0.144 e. The van der Waals surface area contributed by atoms with Crippen molar-refractivity contribution in [3.8, 4) is 5.75 Å². The Hall–Kier alpha value is -0.880. The van der Waals surface area contributed by atoms with Crippen molar-refractivity contribution in [1.82, 2.24) is 4.90 Å². The van der Waals surface area contributed by atoms with Crippen LogP contribution in [0.2, 0.25) is 0 Å². The molecular weight excluding hydrogens is 350 g/mol. The van der Waals surface area contributed by atoms with Crippen LogP contribution >= 0.6 is 27.3 Å². The molecule has 1 aliphatic heterocycles. The highest BCUT2D eigenvalue weighted by atomic mass is 79.9. The maximum atomic E-state index is 5.79. The van der Waals surface area contributed by atoms with Crippen molar-refractivity contribution < 1.29 is 9.47 Å². The Labute approximate surface area is 137 Å². The average molecular weight is 368 g/mol. The molecule has 0 unspecified atom stereocenters. The van der Waals surface area contributed by atoms with Crippen molar-refractivity contribution in [2.75, 3.05) is 26.3 Å². The summed E-state index contributed by atoms with van der Waals surface area (Å²) in [5.74, 6) is 0.914. The van der Waals surface area contributed by atoms with E-state index in [0.29, 0.717) is 6.61 Å². The molecule has 0 radical (unpaired) electrons. The van der Waals surface area contributed by atoms with Crippen LogP contribution in [0.25, 0.3) is 0 Å². The van der Waals surface area contributed by atoms with E-state index in [2.05, 4.69) is 45.1 Å². The largest absolute Gasteiger partial charge is 0.487 e. The van der Waals surface area contributed by atoms with Crippen molar-refractivity contribution in [3.05, 3.63) is 50.6 Å². The molecule has 0 amide bonds. The van der Waals surface area contributed by atoms with Gasteiger partial charge in [0.05, 0.1) is 17.7 Å². The van der Waals surface area contributed by atoms with Gasteiger partial charge in [-0.2, -0.15) is 0 Å². The summed E-state index contributed by atoms with van der Waals surface area (Å²) in [4.78, 5) is 2.43. The van der Waals surface area contributed by atoms with Crippen LogP contribution in [-0.4, -0.2) is 31.2 Å². The number of halogens is 1. The van der Waals surface area contributed by atoms with Crippen molar-refractivity contribution in [2.45, 2.75) is 13.2 Å². The number of morpholine rings is 1. The van der Waals surface area contributed by atoms with Gasteiger partial charge >= 0.3 is 0 Å². The third-order valence-electron chi connectivity index (χ3n) is 3.51. The fourth-order valence-electron chi connectivity index (χ4n) is 2.29. The molecule has 0 N–H and O–H groups in total. The minimum Gasteiger partial charge on any atom is -0.487 e. The van der Waals surface area contributed by atoms with E-state index in [9.17, 15) is 0 Å². The van der Waals surface area contributed by atoms with Gasteiger partial charge in [-0.25, -0.2) is 0 Å². The Morgan fingerprint density at radius 2 is 1.81 bits per heavy atom. The molecule has 0 spiro atoms. The second kappa shape index (κ2) is 7.40. The third-order valence-corrected chi connectivity index (χ3v) is 5.15. The summed E-state index contributed by atoms with van der Waals surface area (Å²) < 4.78 is 12.2. The zero-order valence-electron chi connectivity index (χ0n) is 11.8. The topological polar surface area (TPSA) is 21.7 Å². The fraction of sp³-hybridized carbons (Fsp3) is 0.375. The number of rotatable bonds is 5. The van der Waals surface area contributed by atoms with Gasteiger partial charge in [-0.15, -0.1) is 11.3 Å². The molecular formula is C16H18BrNO2S. The lowest BCUT2D eigenvalue weighted by molar-refractivity contribution is 0.0342. The molecule has 3 rings (SSSR count). The Kier molecular flexibility index (Phi) is 5.30. The molecule has 5 heteroatoms. The number of hydrogen-bond donors (Lipinski definition) is 0. The first-order chi connectivity index (χ1) is 10.3. The van der Waals surface area contributed by atoms with Crippen LogP contribution in [-0.2, 0) is 17.9 Å². The second-order valence-corrected chi connectivity index (χ2v) is 6.68. The van der Waals surface area contributed by atoms with Gasteiger partial charge in [0.25, 0.3) is 0 Å². The van der Waals surface area contributed by atoms with Crippen molar-refractivity contribution in [1.29, 1.82) is 0 Å². The summed E-state index contributed by atoms with van der Waals surface area (Å²) >= 11 is 5.11. The van der Waals surface area contributed by atoms with E-state index in [1.807, 2.05) is 10.8 Å². The van der Waals surface area contributed by atoms with Crippen LogP contribution in [0.5, 0.6) is 5.75 Å². The van der Waals surface area contributed by atoms with Crippen LogP contribution < -0.4 is 4.74 Å². The molecule has 21 heavy (non-hydrogen) atoms. The standard InChI is InChI=1S/C16H18BrNO2S/c17-15-11-21-12-16(15)20-10-14-3-1-13(2-4-14)9-18-5-7-19-8-6-18/h1-4,11-12H,5-10H2. The highest BCUT2D eigenvalue weighted by Crippen LogP contribution is 2.29. The van der Waals surface area contributed by atoms with E-state index < -0.39 is 0 Å². The first-order valence-electron chi connectivity index (χ1n) is 7.04. The summed E-state index contributed by atoms with van der Waals surface area (Å²) in [6.07, 6.45) is 0. The SMILES string of the molecule is Brc1cscc1OCc1ccc(CN2CCOCC2)cc1. The number of benzene rings is 1. The van der Waals surface area contributed by atoms with E-state index in [-0.39, 0.29) is 0 Å². The van der Waals surface area contributed by atoms with E-state index >= 15 is 0 Å². The molecule has 1 aromatic heterocycles. The van der Waals surface area contributed by atoms with Crippen LogP contribution in [0, 0.1) is 0 Å². The normalized spacial score (nSPS) is 16.0. The van der Waals surface area contributed by atoms with Crippen LogP contribution in [0.1, 0.15) is 11.1 Å². The smallest absolute Gasteiger partial charge is 0.144 e. The summed E-state index contributed by atoms with van der Waals surface area (Å²) in [6, 6.07) is 8.68. The minimum atomic E-state index is 0.604. The zero-order valence-corrected chi connectivity index (χ0v) is 14.2. The predicted molar refractivity (Wildman–Crippen MR) is 88.9 cm³/mol. The van der Waals surface area contributed by atoms with E-state index in [1.54, 1.807) is 11.3 Å². The monoisotopic (exact) mass is 367 g/mol. The van der Waals surface area contributed by atoms with Crippen LogP contribution in [0.3, 0.4) is 0 Å². The summed E-state index contributed by atoms with van der Waals surface area (Å²) in [5, 5.41) is 4.04. The van der Waals surface area contributed by atoms with Crippen LogP contribution in [0.15, 0.2) is 39.5 Å². The Morgan fingerprint density at radius 1 is 1.10 bits per heavy atom. The van der Waals surface area contributed by atoms with Crippen molar-refractivity contribution in [3.63, 3.8) is 0 Å². The Bertz CT molecular complexity index is 564. The average Bonchev–Trinajstić information content (AvgIpc) is 2.93. The van der Waals surface area contributed by atoms with Gasteiger partial charge in [0.15, 0.2) is 0 Å². The fourth-order valence-corrected chi connectivity index (χ4v) is 3.62. The van der Waals surface area contributed by atoms with Gasteiger partial charge < -0.3 is 9.47 Å². The molecule has 1 saturated heterocycles. The number of ether oxygens (including phenoxy) is 2. The highest BCUT2D eigenvalue weighted by molar-refractivity contribution is 9.10. The lowest BCUT2D eigenvalue weighted by Gasteiger charge is -2.26. The molecule has 3 nitrogen and oxygen atoms in total. The Balaban J connectivity index is 1.52. The maximum absolute atomic E-state index is 5.79. The van der Waals surface area contributed by atoms with E-state index in [1.165, 1.54) is 11.1 Å². The molecule has 112 valence electrons. The van der Waals surface area contributed by atoms with Gasteiger partial charge in [-0.3, -0.25) is 4.90 Å². The van der Waals surface area contributed by atoms with Gasteiger partial charge in [-0.1, -0.05) is 24.3 Å². The molecule has 1 fully saturated rings. The second-order valence-electron chi connectivity index (χ2n) is 5.08. The third kappa shape index (κ3) is 4.30. The minimum absolute atomic E-state index is 0.604. The number of nitrogens with zero attached hydrogens (tertiary/aromatic N) is 1. The van der Waals surface area contributed by atoms with Gasteiger partial charge in [0.1, 0.15) is 12.4 Å². The van der Waals surface area contributed by atoms with E-state index in [0.717, 1.165) is 43.1 Å². The molecule has 1 aliphatic rings. The van der Waals surface area contributed by atoms with E-state index in [4.69, 9.17) is 9.47 Å².